The Balaban J connectivity index is 1.22. The molecule has 2 N–H and O–H groups in total. The lowest BCUT2D eigenvalue weighted by Crippen LogP contribution is -2.54. The highest BCUT2D eigenvalue weighted by molar-refractivity contribution is 5.81. The first-order chi connectivity index (χ1) is 15.5. The standard InChI is InChI=1S/C24H35N5O3/c1-16-9-17(3-6-27(16)15-19-11-20(12-19)32-2)10-18-4-8-29-21(13-18)22(14-25-29)28-7-5-23(30)26-24(28)31/h4,8,13-14,16-17,19-20,24,31H,3,5-7,9-12,15H2,1-2H3,(H,26,30)/t16-,17+,19-,20-,24?/m0/s1. The van der Waals surface area contributed by atoms with Gasteiger partial charge < -0.3 is 25.0 Å². The van der Waals surface area contributed by atoms with E-state index in [1.165, 1.54) is 44.3 Å². The van der Waals surface area contributed by atoms with Crippen molar-refractivity contribution in [3.05, 3.63) is 30.1 Å². The van der Waals surface area contributed by atoms with E-state index in [1.807, 2.05) is 22.7 Å². The van der Waals surface area contributed by atoms with Gasteiger partial charge in [0.2, 0.25) is 12.3 Å². The van der Waals surface area contributed by atoms with Gasteiger partial charge >= 0.3 is 0 Å². The first-order valence-electron chi connectivity index (χ1n) is 12.0. The van der Waals surface area contributed by atoms with E-state index in [0.717, 1.165) is 23.5 Å². The molecule has 4 heterocycles. The van der Waals surface area contributed by atoms with Gasteiger partial charge in [0.15, 0.2) is 0 Å². The molecule has 8 heteroatoms. The summed E-state index contributed by atoms with van der Waals surface area (Å²) in [6.07, 6.45) is 9.59. The van der Waals surface area contributed by atoms with Crippen molar-refractivity contribution < 1.29 is 14.6 Å². The van der Waals surface area contributed by atoms with E-state index in [2.05, 4.69) is 34.4 Å². The number of nitrogens with one attached hydrogen (secondary N) is 1. The highest BCUT2D eigenvalue weighted by atomic mass is 16.5. The predicted octanol–water partition coefficient (Wildman–Crippen LogP) is 2.00. The molecular weight excluding hydrogens is 406 g/mol. The Kier molecular flexibility index (Phi) is 6.09. The molecule has 2 aromatic rings. The zero-order valence-electron chi connectivity index (χ0n) is 19.1. The molecular formula is C24H35N5O3. The second-order valence-corrected chi connectivity index (χ2v) is 9.91. The molecule has 174 valence electrons. The summed E-state index contributed by atoms with van der Waals surface area (Å²) in [5.74, 6) is 1.36. The van der Waals surface area contributed by atoms with Crippen molar-refractivity contribution in [2.75, 3.05) is 31.6 Å². The Morgan fingerprint density at radius 2 is 2.09 bits per heavy atom. The third-order valence-electron chi connectivity index (χ3n) is 7.71. The minimum Gasteiger partial charge on any atom is -0.381 e. The lowest BCUT2D eigenvalue weighted by atomic mass is 9.80. The van der Waals surface area contributed by atoms with Crippen LogP contribution in [0, 0.1) is 11.8 Å². The highest BCUT2D eigenvalue weighted by Gasteiger charge is 2.33. The molecule has 1 saturated carbocycles. The quantitative estimate of drug-likeness (QED) is 0.714. The number of methoxy groups -OCH3 is 1. The molecule has 3 atom stereocenters. The number of amides is 1. The van der Waals surface area contributed by atoms with E-state index in [9.17, 15) is 9.90 Å². The van der Waals surface area contributed by atoms with Gasteiger partial charge in [-0.3, -0.25) is 4.79 Å². The van der Waals surface area contributed by atoms with Gasteiger partial charge in [-0.05, 0) is 75.1 Å². The van der Waals surface area contributed by atoms with Crippen LogP contribution in [0.1, 0.15) is 44.6 Å². The average molecular weight is 442 g/mol. The number of aliphatic hydroxyl groups is 1. The maximum Gasteiger partial charge on any atom is 0.225 e. The smallest absolute Gasteiger partial charge is 0.225 e. The third kappa shape index (κ3) is 4.36. The summed E-state index contributed by atoms with van der Waals surface area (Å²) in [4.78, 5) is 16.0. The van der Waals surface area contributed by atoms with Gasteiger partial charge in [-0.2, -0.15) is 5.10 Å². The van der Waals surface area contributed by atoms with Crippen LogP contribution < -0.4 is 10.2 Å². The highest BCUT2D eigenvalue weighted by Crippen LogP contribution is 2.34. The summed E-state index contributed by atoms with van der Waals surface area (Å²) in [6.45, 7) is 5.26. The molecule has 1 aliphatic carbocycles. The van der Waals surface area contributed by atoms with Gasteiger partial charge in [0.05, 0.1) is 23.5 Å². The second kappa shape index (κ2) is 9.00. The number of anilines is 1. The third-order valence-corrected chi connectivity index (χ3v) is 7.71. The number of nitrogens with zero attached hydrogens (tertiary/aromatic N) is 4. The maximum atomic E-state index is 11.6. The molecule has 3 fully saturated rings. The monoisotopic (exact) mass is 441 g/mol. The number of fused-ring (bicyclic) bond motifs is 1. The van der Waals surface area contributed by atoms with Crippen LogP contribution in [0.3, 0.4) is 0 Å². The van der Waals surface area contributed by atoms with Gasteiger partial charge in [-0.15, -0.1) is 0 Å². The van der Waals surface area contributed by atoms with E-state index in [4.69, 9.17) is 4.74 Å². The zero-order chi connectivity index (χ0) is 22.2. The van der Waals surface area contributed by atoms with E-state index >= 15 is 0 Å². The molecule has 0 bridgehead atoms. The summed E-state index contributed by atoms with van der Waals surface area (Å²) >= 11 is 0. The fraction of sp³-hybridized carbons (Fsp3) is 0.667. The van der Waals surface area contributed by atoms with E-state index in [-0.39, 0.29) is 5.91 Å². The molecule has 5 rings (SSSR count). The Hall–Kier alpha value is -2.16. The van der Waals surface area contributed by atoms with Crippen molar-refractivity contribution in [1.82, 2.24) is 19.8 Å². The normalized spacial score (nSPS) is 31.5. The van der Waals surface area contributed by atoms with E-state index in [1.54, 1.807) is 6.20 Å². The second-order valence-electron chi connectivity index (χ2n) is 9.91. The first kappa shape index (κ1) is 21.7. The number of carbonyl (C=O) groups is 1. The van der Waals surface area contributed by atoms with Gasteiger partial charge in [-0.25, -0.2) is 4.52 Å². The molecule has 0 radical (unpaired) electrons. The average Bonchev–Trinajstić information content (AvgIpc) is 3.15. The Morgan fingerprint density at radius 1 is 1.25 bits per heavy atom. The summed E-state index contributed by atoms with van der Waals surface area (Å²) in [6, 6.07) is 4.98. The topological polar surface area (TPSA) is 82.3 Å². The van der Waals surface area contributed by atoms with Crippen LogP contribution in [0.2, 0.25) is 0 Å². The molecule has 32 heavy (non-hydrogen) atoms. The molecule has 0 spiro atoms. The molecule has 2 saturated heterocycles. The number of pyridine rings is 1. The van der Waals surface area contributed by atoms with Crippen LogP contribution in [0.5, 0.6) is 0 Å². The largest absolute Gasteiger partial charge is 0.381 e. The number of ether oxygens (including phenoxy) is 1. The summed E-state index contributed by atoms with van der Waals surface area (Å²) < 4.78 is 7.28. The van der Waals surface area contributed by atoms with Crippen LogP contribution >= 0.6 is 0 Å². The van der Waals surface area contributed by atoms with Crippen molar-refractivity contribution >= 4 is 17.1 Å². The van der Waals surface area contributed by atoms with Crippen molar-refractivity contribution in [1.29, 1.82) is 0 Å². The molecule has 2 aromatic heterocycles. The zero-order valence-corrected chi connectivity index (χ0v) is 19.1. The fourth-order valence-electron chi connectivity index (χ4n) is 5.71. The van der Waals surface area contributed by atoms with Crippen LogP contribution in [0.25, 0.3) is 5.52 Å². The molecule has 3 aliphatic rings. The fourth-order valence-corrected chi connectivity index (χ4v) is 5.71. The predicted molar refractivity (Wildman–Crippen MR) is 122 cm³/mol. The van der Waals surface area contributed by atoms with E-state index in [0.29, 0.717) is 31.0 Å². The van der Waals surface area contributed by atoms with Gasteiger partial charge in [0, 0.05) is 38.9 Å². The minimum absolute atomic E-state index is 0.123. The van der Waals surface area contributed by atoms with E-state index < -0.39 is 6.35 Å². The lowest BCUT2D eigenvalue weighted by molar-refractivity contribution is -0.125. The summed E-state index contributed by atoms with van der Waals surface area (Å²) in [7, 11) is 1.83. The van der Waals surface area contributed by atoms with Crippen molar-refractivity contribution in [2.24, 2.45) is 11.8 Å². The Labute approximate surface area is 189 Å². The maximum absolute atomic E-state index is 11.6. The van der Waals surface area contributed by atoms with Gasteiger partial charge in [-0.1, -0.05) is 0 Å². The van der Waals surface area contributed by atoms with Gasteiger partial charge in [0.1, 0.15) is 0 Å². The summed E-state index contributed by atoms with van der Waals surface area (Å²) in [5.41, 5.74) is 3.14. The van der Waals surface area contributed by atoms with Gasteiger partial charge in [0.25, 0.3) is 0 Å². The number of aliphatic hydroxyl groups excluding tert-OH is 1. The van der Waals surface area contributed by atoms with Crippen molar-refractivity contribution in [2.45, 2.75) is 63.9 Å². The van der Waals surface area contributed by atoms with Crippen LogP contribution in [-0.4, -0.2) is 70.8 Å². The molecule has 2 aliphatic heterocycles. The summed E-state index contributed by atoms with van der Waals surface area (Å²) in [5, 5.41) is 17.4. The first-order valence-corrected chi connectivity index (χ1v) is 12.0. The van der Waals surface area contributed by atoms with Crippen molar-refractivity contribution in [3.8, 4) is 0 Å². The number of rotatable bonds is 6. The number of carbonyl (C=O) groups excluding carboxylic acids is 1. The molecule has 1 amide bonds. The Morgan fingerprint density at radius 3 is 2.84 bits per heavy atom. The number of aromatic nitrogens is 2. The number of hydrogen-bond acceptors (Lipinski definition) is 6. The molecule has 8 nitrogen and oxygen atoms in total. The van der Waals surface area contributed by atoms with Crippen LogP contribution in [0.15, 0.2) is 24.5 Å². The van der Waals surface area contributed by atoms with Crippen LogP contribution in [-0.2, 0) is 16.0 Å². The van der Waals surface area contributed by atoms with Crippen molar-refractivity contribution in [3.63, 3.8) is 0 Å². The number of likely N-dealkylation sites (tertiary alicyclic amines) is 1. The SMILES string of the molecule is CO[C@H]1C[C@H](CN2CC[C@@H](Cc3ccn4ncc(N5CCC(=O)NC5O)c4c3)C[C@@H]2C)C1. The minimum atomic E-state index is -1.01. The number of hydrogen-bond donors (Lipinski definition) is 2. The molecule has 0 aromatic carbocycles. The van der Waals surface area contributed by atoms with Crippen LogP contribution in [0.4, 0.5) is 5.69 Å². The Bertz CT molecular complexity index is 956. The lowest BCUT2D eigenvalue weighted by Gasteiger charge is -2.43. The molecule has 1 unspecified atom stereocenters. The number of piperidine rings is 1.